The van der Waals surface area contributed by atoms with E-state index >= 15 is 0 Å². The average Bonchev–Trinajstić information content (AvgIpc) is 2.74. The molecule has 1 N–H and O–H groups in total. The molecule has 1 aromatic carbocycles. The van der Waals surface area contributed by atoms with E-state index in [1.807, 2.05) is 6.08 Å². The van der Waals surface area contributed by atoms with Crippen LogP contribution in [-0.4, -0.2) is 42.9 Å². The van der Waals surface area contributed by atoms with Crippen LogP contribution in [0.4, 0.5) is 0 Å². The fourth-order valence-electron chi connectivity index (χ4n) is 3.97. The van der Waals surface area contributed by atoms with Gasteiger partial charge in [0.1, 0.15) is 6.10 Å². The SMILES string of the molecule is [3H]c1cc(OC)c2c3c1CN(C)CC[C@]31C=C[C@@H](O)C[C@@H]1O2. The van der Waals surface area contributed by atoms with E-state index in [1.165, 1.54) is 0 Å². The Morgan fingerprint density at radius 1 is 1.57 bits per heavy atom. The molecule has 0 aromatic heterocycles. The fourth-order valence-corrected chi connectivity index (χ4v) is 3.97. The van der Waals surface area contributed by atoms with Gasteiger partial charge in [0.05, 0.1) is 20.0 Å². The summed E-state index contributed by atoms with van der Waals surface area (Å²) in [5.74, 6) is 1.40. The number of nitrogens with zero attached hydrogens (tertiary/aromatic N) is 1. The Hall–Kier alpha value is -1.52. The first-order valence-corrected chi connectivity index (χ1v) is 7.49. The quantitative estimate of drug-likeness (QED) is 0.801. The lowest BCUT2D eigenvalue weighted by Gasteiger charge is -2.35. The number of aliphatic hydroxyl groups excluding tert-OH is 1. The maximum Gasteiger partial charge on any atom is 0.166 e. The number of ether oxygens (including phenoxy) is 2. The molecule has 0 fully saturated rings. The van der Waals surface area contributed by atoms with Gasteiger partial charge in [-0.05, 0) is 31.6 Å². The first kappa shape index (κ1) is 12.1. The second-order valence-corrected chi connectivity index (χ2v) is 6.34. The van der Waals surface area contributed by atoms with E-state index in [0.29, 0.717) is 18.2 Å². The van der Waals surface area contributed by atoms with Crippen molar-refractivity contribution in [3.63, 3.8) is 0 Å². The van der Waals surface area contributed by atoms with E-state index in [2.05, 4.69) is 18.0 Å². The fraction of sp³-hybridized carbons (Fsp3) is 0.529. The molecule has 1 spiro atoms. The molecule has 4 heteroatoms. The maximum absolute atomic E-state index is 9.99. The third kappa shape index (κ3) is 1.75. The monoisotopic (exact) mass is 289 g/mol. The second kappa shape index (κ2) is 4.49. The first-order valence-electron chi connectivity index (χ1n) is 7.99. The van der Waals surface area contributed by atoms with Crippen LogP contribution in [0, 0.1) is 0 Å². The van der Waals surface area contributed by atoms with Gasteiger partial charge < -0.3 is 19.5 Å². The number of rotatable bonds is 1. The van der Waals surface area contributed by atoms with Crippen molar-refractivity contribution in [2.75, 3.05) is 20.7 Å². The predicted molar refractivity (Wildman–Crippen MR) is 79.8 cm³/mol. The zero-order valence-electron chi connectivity index (χ0n) is 13.4. The van der Waals surface area contributed by atoms with Gasteiger partial charge in [0.15, 0.2) is 11.5 Å². The number of benzene rings is 1. The molecule has 1 aromatic rings. The van der Waals surface area contributed by atoms with Crippen molar-refractivity contribution in [2.45, 2.75) is 37.0 Å². The minimum absolute atomic E-state index is 0.0801. The van der Waals surface area contributed by atoms with Crippen molar-refractivity contribution in [2.24, 2.45) is 0 Å². The number of hydrogen-bond donors (Lipinski definition) is 1. The smallest absolute Gasteiger partial charge is 0.166 e. The Bertz CT molecular complexity index is 660. The average molecular weight is 289 g/mol. The van der Waals surface area contributed by atoms with E-state index in [4.69, 9.17) is 10.8 Å². The lowest BCUT2D eigenvalue weighted by Crippen LogP contribution is -2.42. The molecule has 3 atom stereocenters. The van der Waals surface area contributed by atoms with Crippen molar-refractivity contribution < 1.29 is 16.0 Å². The molecule has 2 aliphatic heterocycles. The normalized spacial score (nSPS) is 34.5. The van der Waals surface area contributed by atoms with Crippen LogP contribution in [0.15, 0.2) is 24.3 Å². The van der Waals surface area contributed by atoms with Crippen LogP contribution in [0.2, 0.25) is 0 Å². The lowest BCUT2D eigenvalue weighted by atomic mass is 9.69. The summed E-state index contributed by atoms with van der Waals surface area (Å²) in [5, 5.41) is 9.99. The summed E-state index contributed by atoms with van der Waals surface area (Å²) < 4.78 is 20.1. The van der Waals surface area contributed by atoms with Gasteiger partial charge in [0.2, 0.25) is 0 Å². The van der Waals surface area contributed by atoms with Crippen LogP contribution >= 0.6 is 0 Å². The van der Waals surface area contributed by atoms with Gasteiger partial charge in [0, 0.05) is 18.5 Å². The Morgan fingerprint density at radius 2 is 2.43 bits per heavy atom. The van der Waals surface area contributed by atoms with Crippen LogP contribution in [0.25, 0.3) is 0 Å². The van der Waals surface area contributed by atoms with Gasteiger partial charge in [-0.2, -0.15) is 0 Å². The molecule has 4 nitrogen and oxygen atoms in total. The Labute approximate surface area is 126 Å². The zero-order chi connectivity index (χ0) is 15.5. The topological polar surface area (TPSA) is 41.9 Å². The molecule has 0 saturated heterocycles. The van der Waals surface area contributed by atoms with Crippen LogP contribution < -0.4 is 9.47 Å². The van der Waals surface area contributed by atoms with E-state index in [0.717, 1.165) is 36.4 Å². The highest BCUT2D eigenvalue weighted by molar-refractivity contribution is 5.60. The number of methoxy groups -OCH3 is 1. The van der Waals surface area contributed by atoms with E-state index < -0.39 is 6.10 Å². The molecule has 0 radical (unpaired) electrons. The zero-order valence-corrected chi connectivity index (χ0v) is 12.4. The molecule has 1 aliphatic carbocycles. The highest BCUT2D eigenvalue weighted by Gasteiger charge is 2.52. The van der Waals surface area contributed by atoms with E-state index in [9.17, 15) is 5.11 Å². The van der Waals surface area contributed by atoms with Gasteiger partial charge in [-0.1, -0.05) is 18.2 Å². The van der Waals surface area contributed by atoms with Crippen LogP contribution in [0.3, 0.4) is 0 Å². The largest absolute Gasteiger partial charge is 0.493 e. The van der Waals surface area contributed by atoms with Crippen molar-refractivity contribution in [1.29, 1.82) is 0 Å². The Morgan fingerprint density at radius 3 is 3.24 bits per heavy atom. The summed E-state index contributed by atoms with van der Waals surface area (Å²) in [6, 6.07) is 2.26. The summed E-state index contributed by atoms with van der Waals surface area (Å²) in [4.78, 5) is 2.25. The summed E-state index contributed by atoms with van der Waals surface area (Å²) in [7, 11) is 3.70. The Kier molecular flexibility index (Phi) is 2.58. The molecule has 0 bridgehead atoms. The summed E-state index contributed by atoms with van der Waals surface area (Å²) in [5.41, 5.74) is 1.90. The minimum Gasteiger partial charge on any atom is -0.493 e. The van der Waals surface area contributed by atoms with E-state index in [-0.39, 0.29) is 11.5 Å². The molecule has 0 saturated carbocycles. The highest BCUT2D eigenvalue weighted by Crippen LogP contribution is 2.55. The maximum atomic E-state index is 9.99. The molecule has 4 rings (SSSR count). The molecular formula is C17H21NO3. The molecule has 0 amide bonds. The molecular weight excluding hydrogens is 266 g/mol. The highest BCUT2D eigenvalue weighted by atomic mass is 16.5. The van der Waals surface area contributed by atoms with Crippen molar-refractivity contribution in [1.82, 2.24) is 4.90 Å². The number of aliphatic hydroxyl groups is 1. The van der Waals surface area contributed by atoms with Gasteiger partial charge in [-0.15, -0.1) is 0 Å². The van der Waals surface area contributed by atoms with Gasteiger partial charge in [-0.25, -0.2) is 0 Å². The second-order valence-electron chi connectivity index (χ2n) is 6.34. The Balaban J connectivity index is 2.00. The van der Waals surface area contributed by atoms with Crippen molar-refractivity contribution in [3.8, 4) is 11.5 Å². The van der Waals surface area contributed by atoms with Gasteiger partial charge >= 0.3 is 0 Å². The molecule has 2 heterocycles. The summed E-state index contributed by atoms with van der Waals surface area (Å²) >= 11 is 0. The van der Waals surface area contributed by atoms with Crippen LogP contribution in [0.5, 0.6) is 11.5 Å². The lowest BCUT2D eigenvalue weighted by molar-refractivity contribution is 0.0821. The first-order chi connectivity index (χ1) is 10.5. The van der Waals surface area contributed by atoms with Gasteiger partial charge in [-0.3, -0.25) is 0 Å². The van der Waals surface area contributed by atoms with Gasteiger partial charge in [0.25, 0.3) is 0 Å². The number of hydrogen-bond acceptors (Lipinski definition) is 4. The van der Waals surface area contributed by atoms with Crippen molar-refractivity contribution >= 4 is 0 Å². The molecule has 3 aliphatic rings. The van der Waals surface area contributed by atoms with Crippen molar-refractivity contribution in [3.05, 3.63) is 35.4 Å². The summed E-state index contributed by atoms with van der Waals surface area (Å²) in [6.07, 6.45) is 4.97. The minimum atomic E-state index is -0.462. The molecule has 21 heavy (non-hydrogen) atoms. The standard InChI is InChI=1S/C17H21NO3/c1-18-8-7-17-6-5-12(19)9-14(17)21-16-13(20-2)4-3-11(10-18)15(16)17/h3-6,12,14,19H,7-10H2,1-2H3/t12-,14+,17+/m1/s1/i3T. The third-order valence-electron chi connectivity index (χ3n) is 5.06. The van der Waals surface area contributed by atoms with Crippen LogP contribution in [0.1, 0.15) is 25.3 Å². The molecule has 0 unspecified atom stereocenters. The third-order valence-corrected chi connectivity index (χ3v) is 5.06. The van der Waals surface area contributed by atoms with Crippen LogP contribution in [-0.2, 0) is 12.0 Å². The molecule has 112 valence electrons. The van der Waals surface area contributed by atoms with E-state index in [1.54, 1.807) is 13.2 Å². The predicted octanol–water partition coefficient (Wildman–Crippen LogP) is 1.85. The summed E-state index contributed by atoms with van der Waals surface area (Å²) in [6.45, 7) is 1.69.